The molecule has 132 valence electrons. The Morgan fingerprint density at radius 3 is 2.16 bits per heavy atom. The quantitative estimate of drug-likeness (QED) is 0.736. The van der Waals surface area contributed by atoms with E-state index in [1.165, 1.54) is 0 Å². The largest absolute Gasteiger partial charge is 0.493 e. The van der Waals surface area contributed by atoms with Gasteiger partial charge in [-0.15, -0.1) is 0 Å². The molecule has 8 nitrogen and oxygen atoms in total. The minimum Gasteiger partial charge on any atom is -0.493 e. The predicted molar refractivity (Wildman–Crippen MR) is 94.4 cm³/mol. The number of aryl methyl sites for hydroxylation is 1. The van der Waals surface area contributed by atoms with Crippen LogP contribution >= 0.6 is 0 Å². The molecule has 0 aliphatic rings. The number of aromatic nitrogens is 3. The van der Waals surface area contributed by atoms with Gasteiger partial charge < -0.3 is 24.3 Å². The Morgan fingerprint density at radius 2 is 1.60 bits per heavy atom. The maximum Gasteiger partial charge on any atom is 0.214 e. The molecular formula is C17H20N4O4. The highest BCUT2D eigenvalue weighted by atomic mass is 16.5. The Hall–Kier alpha value is -3.16. The smallest absolute Gasteiger partial charge is 0.214 e. The molecule has 1 N–H and O–H groups in total. The zero-order chi connectivity index (χ0) is 18.0. The van der Waals surface area contributed by atoms with Crippen molar-refractivity contribution >= 4 is 22.5 Å². The highest BCUT2D eigenvalue weighted by Crippen LogP contribution is 2.41. The van der Waals surface area contributed by atoms with Gasteiger partial charge in [0, 0.05) is 30.9 Å². The van der Waals surface area contributed by atoms with E-state index in [0.29, 0.717) is 34.6 Å². The van der Waals surface area contributed by atoms with Gasteiger partial charge >= 0.3 is 0 Å². The highest BCUT2D eigenvalue weighted by Gasteiger charge is 2.16. The lowest BCUT2D eigenvalue weighted by Crippen LogP contribution is -1.98. The third-order valence-corrected chi connectivity index (χ3v) is 3.80. The molecule has 0 unspecified atom stereocenters. The van der Waals surface area contributed by atoms with Crippen LogP contribution in [0.25, 0.3) is 11.0 Å². The number of ether oxygens (including phenoxy) is 4. The molecule has 3 aromatic rings. The normalized spacial score (nSPS) is 10.6. The van der Waals surface area contributed by atoms with Crippen molar-refractivity contribution in [3.63, 3.8) is 0 Å². The number of pyridine rings is 1. The third-order valence-electron chi connectivity index (χ3n) is 3.80. The van der Waals surface area contributed by atoms with E-state index in [1.807, 2.05) is 25.2 Å². The van der Waals surface area contributed by atoms with E-state index < -0.39 is 0 Å². The van der Waals surface area contributed by atoms with Crippen molar-refractivity contribution in [2.45, 2.75) is 0 Å². The summed E-state index contributed by atoms with van der Waals surface area (Å²) in [5.41, 5.74) is 1.47. The summed E-state index contributed by atoms with van der Waals surface area (Å²) >= 11 is 0. The first kappa shape index (κ1) is 16.7. The second-order valence-electron chi connectivity index (χ2n) is 5.24. The van der Waals surface area contributed by atoms with Gasteiger partial charge in [0.25, 0.3) is 0 Å². The van der Waals surface area contributed by atoms with Crippen LogP contribution in [0.4, 0.5) is 11.5 Å². The van der Waals surface area contributed by atoms with Gasteiger partial charge in [0.05, 0.1) is 33.8 Å². The highest BCUT2D eigenvalue weighted by molar-refractivity contribution is 5.90. The number of hydrogen-bond donors (Lipinski definition) is 1. The van der Waals surface area contributed by atoms with Crippen LogP contribution < -0.4 is 24.3 Å². The monoisotopic (exact) mass is 344 g/mol. The van der Waals surface area contributed by atoms with E-state index in [-0.39, 0.29) is 0 Å². The molecule has 1 aromatic carbocycles. The second-order valence-corrected chi connectivity index (χ2v) is 5.24. The number of hydrogen-bond acceptors (Lipinski definition) is 7. The molecule has 2 aromatic heterocycles. The summed E-state index contributed by atoms with van der Waals surface area (Å²) in [6.45, 7) is 0. The summed E-state index contributed by atoms with van der Waals surface area (Å²) in [6.07, 6.45) is 0. The molecule has 0 saturated carbocycles. The lowest BCUT2D eigenvalue weighted by atomic mass is 10.2. The SMILES string of the molecule is COc1ccc2c(Nc3cc(OC)c(OC)c(OC)c3)nn(C)c2n1. The van der Waals surface area contributed by atoms with Gasteiger partial charge in [0.2, 0.25) is 11.6 Å². The van der Waals surface area contributed by atoms with Crippen molar-refractivity contribution in [2.75, 3.05) is 33.8 Å². The number of fused-ring (bicyclic) bond motifs is 1. The summed E-state index contributed by atoms with van der Waals surface area (Å²) in [6, 6.07) is 7.34. The molecule has 0 spiro atoms. The van der Waals surface area contributed by atoms with Crippen LogP contribution in [-0.4, -0.2) is 43.2 Å². The van der Waals surface area contributed by atoms with Crippen LogP contribution in [0.5, 0.6) is 23.1 Å². The minimum atomic E-state index is 0.535. The lowest BCUT2D eigenvalue weighted by Gasteiger charge is -2.14. The molecule has 0 radical (unpaired) electrons. The Bertz CT molecular complexity index is 882. The van der Waals surface area contributed by atoms with Gasteiger partial charge in [-0.2, -0.15) is 10.1 Å². The van der Waals surface area contributed by atoms with Gasteiger partial charge in [-0.25, -0.2) is 4.68 Å². The summed E-state index contributed by atoms with van der Waals surface area (Å²) < 4.78 is 23.0. The molecule has 0 aliphatic heterocycles. The Morgan fingerprint density at radius 1 is 0.920 bits per heavy atom. The Balaban J connectivity index is 2.04. The maximum atomic E-state index is 5.38. The zero-order valence-corrected chi connectivity index (χ0v) is 14.8. The average molecular weight is 344 g/mol. The number of nitrogens with zero attached hydrogens (tertiary/aromatic N) is 3. The molecule has 0 atom stereocenters. The van der Waals surface area contributed by atoms with E-state index in [4.69, 9.17) is 18.9 Å². The molecule has 8 heteroatoms. The zero-order valence-electron chi connectivity index (χ0n) is 14.8. The Labute approximate surface area is 145 Å². The second kappa shape index (κ2) is 6.76. The van der Waals surface area contributed by atoms with Crippen LogP contribution in [0.1, 0.15) is 0 Å². The van der Waals surface area contributed by atoms with Crippen LogP contribution in [0.3, 0.4) is 0 Å². The first-order valence-electron chi connectivity index (χ1n) is 7.56. The van der Waals surface area contributed by atoms with E-state index in [1.54, 1.807) is 39.2 Å². The van der Waals surface area contributed by atoms with Gasteiger partial charge in [0.15, 0.2) is 23.0 Å². The number of rotatable bonds is 6. The molecule has 0 fully saturated rings. The van der Waals surface area contributed by atoms with Crippen molar-refractivity contribution < 1.29 is 18.9 Å². The standard InChI is InChI=1S/C17H20N4O4/c1-21-17-11(6-7-14(19-17)24-4)16(20-21)18-10-8-12(22-2)15(25-5)13(9-10)23-3/h6-9H,1-5H3,(H,18,20). The molecule has 0 saturated heterocycles. The van der Waals surface area contributed by atoms with Gasteiger partial charge in [-0.05, 0) is 6.07 Å². The lowest BCUT2D eigenvalue weighted by molar-refractivity contribution is 0.324. The van der Waals surface area contributed by atoms with Crippen molar-refractivity contribution in [3.05, 3.63) is 24.3 Å². The fraction of sp³-hybridized carbons (Fsp3) is 0.294. The fourth-order valence-electron chi connectivity index (χ4n) is 2.61. The van der Waals surface area contributed by atoms with Crippen molar-refractivity contribution in [1.29, 1.82) is 0 Å². The summed E-state index contributed by atoms with van der Waals surface area (Å²) in [4.78, 5) is 4.42. The molecule has 0 bridgehead atoms. The molecule has 0 amide bonds. The van der Waals surface area contributed by atoms with Crippen LogP contribution in [-0.2, 0) is 7.05 Å². The summed E-state index contributed by atoms with van der Waals surface area (Å²) in [5, 5.41) is 8.64. The van der Waals surface area contributed by atoms with Crippen molar-refractivity contribution in [3.8, 4) is 23.1 Å². The van der Waals surface area contributed by atoms with Crippen molar-refractivity contribution in [1.82, 2.24) is 14.8 Å². The summed E-state index contributed by atoms with van der Waals surface area (Å²) in [7, 11) is 8.13. The average Bonchev–Trinajstić information content (AvgIpc) is 2.95. The molecular weight excluding hydrogens is 324 g/mol. The third kappa shape index (κ3) is 2.98. The number of methoxy groups -OCH3 is 4. The van der Waals surface area contributed by atoms with E-state index >= 15 is 0 Å². The number of benzene rings is 1. The van der Waals surface area contributed by atoms with Gasteiger partial charge in [-0.1, -0.05) is 0 Å². The van der Waals surface area contributed by atoms with Gasteiger partial charge in [-0.3, -0.25) is 0 Å². The van der Waals surface area contributed by atoms with E-state index in [0.717, 1.165) is 11.1 Å². The number of nitrogens with one attached hydrogen (secondary N) is 1. The van der Waals surface area contributed by atoms with Gasteiger partial charge in [0.1, 0.15) is 0 Å². The number of anilines is 2. The molecule has 2 heterocycles. The molecule has 25 heavy (non-hydrogen) atoms. The predicted octanol–water partition coefficient (Wildman–Crippen LogP) is 2.75. The topological polar surface area (TPSA) is 79.7 Å². The first-order valence-corrected chi connectivity index (χ1v) is 7.56. The maximum absolute atomic E-state index is 5.38. The van der Waals surface area contributed by atoms with E-state index in [2.05, 4.69) is 15.4 Å². The minimum absolute atomic E-state index is 0.535. The van der Waals surface area contributed by atoms with Crippen LogP contribution in [0.15, 0.2) is 24.3 Å². The van der Waals surface area contributed by atoms with Crippen LogP contribution in [0, 0.1) is 0 Å². The molecule has 3 rings (SSSR count). The fourth-order valence-corrected chi connectivity index (χ4v) is 2.61. The summed E-state index contributed by atoms with van der Waals surface area (Å²) in [5.74, 6) is 2.86. The van der Waals surface area contributed by atoms with Crippen molar-refractivity contribution in [2.24, 2.45) is 7.05 Å². The Kier molecular flexibility index (Phi) is 4.51. The molecule has 0 aliphatic carbocycles. The van der Waals surface area contributed by atoms with E-state index in [9.17, 15) is 0 Å². The first-order chi connectivity index (χ1) is 12.1. The van der Waals surface area contributed by atoms with Crippen LogP contribution in [0.2, 0.25) is 0 Å².